The molecule has 0 aromatic heterocycles. The van der Waals surface area contributed by atoms with Crippen molar-refractivity contribution in [1.29, 1.82) is 10.5 Å². The molecular weight excluding hydrogens is 235 g/mol. The second-order valence-corrected chi connectivity index (χ2v) is 4.11. The van der Waals surface area contributed by atoms with E-state index in [1.807, 2.05) is 17.6 Å². The lowest BCUT2D eigenvalue weighted by molar-refractivity contribution is -0.122. The Bertz CT molecular complexity index is 572. The van der Waals surface area contributed by atoms with Crippen LogP contribution in [0.2, 0.25) is 0 Å². The monoisotopic (exact) mass is 244 g/mol. The summed E-state index contributed by atoms with van der Waals surface area (Å²) in [5.41, 5.74) is 0.919. The van der Waals surface area contributed by atoms with Crippen LogP contribution in [0.5, 0.6) is 0 Å². The average molecular weight is 244 g/mol. The predicted octanol–water partition coefficient (Wildman–Crippen LogP) is 0.563. The number of amides is 1. The highest BCUT2D eigenvalue weighted by Gasteiger charge is 2.70. The number of halogens is 1. The van der Waals surface area contributed by atoms with Gasteiger partial charge in [0, 0.05) is 5.92 Å². The van der Waals surface area contributed by atoms with Crippen molar-refractivity contribution in [3.05, 3.63) is 35.6 Å². The van der Waals surface area contributed by atoms with Crippen LogP contribution < -0.4 is 11.3 Å². The number of nitrogens with one attached hydrogen (secondary N) is 1. The summed E-state index contributed by atoms with van der Waals surface area (Å²) in [6.07, 6.45) is 0. The fraction of sp³-hybridized carbons (Fsp3) is 0.250. The summed E-state index contributed by atoms with van der Waals surface area (Å²) in [5.74, 6) is 2.45. The molecule has 90 valence electrons. The van der Waals surface area contributed by atoms with Gasteiger partial charge in [0.05, 0.1) is 18.1 Å². The Balaban J connectivity index is 2.43. The van der Waals surface area contributed by atoms with E-state index >= 15 is 0 Å². The lowest BCUT2D eigenvalue weighted by atomic mass is 10.0. The summed E-state index contributed by atoms with van der Waals surface area (Å²) in [6, 6.07) is 9.20. The van der Waals surface area contributed by atoms with Gasteiger partial charge in [-0.3, -0.25) is 10.2 Å². The second-order valence-electron chi connectivity index (χ2n) is 4.11. The summed E-state index contributed by atoms with van der Waals surface area (Å²) >= 11 is 0. The molecule has 2 unspecified atom stereocenters. The highest BCUT2D eigenvalue weighted by Crippen LogP contribution is 2.64. The van der Waals surface area contributed by atoms with Crippen molar-refractivity contribution in [2.45, 2.75) is 5.92 Å². The van der Waals surface area contributed by atoms with Crippen LogP contribution in [0.25, 0.3) is 0 Å². The zero-order valence-corrected chi connectivity index (χ0v) is 9.22. The standard InChI is InChI=1S/C12H9FN4O/c13-8-3-1-2-7(4-8)9-10(11(18)17-16)12(9,5-14)6-15/h1-4,9-10H,16H2,(H,17,18). The van der Waals surface area contributed by atoms with Crippen LogP contribution in [-0.2, 0) is 4.79 Å². The van der Waals surface area contributed by atoms with Crippen molar-refractivity contribution < 1.29 is 9.18 Å². The fourth-order valence-electron chi connectivity index (χ4n) is 2.29. The van der Waals surface area contributed by atoms with E-state index in [4.69, 9.17) is 16.4 Å². The van der Waals surface area contributed by atoms with E-state index in [0.29, 0.717) is 5.56 Å². The van der Waals surface area contributed by atoms with Crippen LogP contribution in [-0.4, -0.2) is 5.91 Å². The van der Waals surface area contributed by atoms with Crippen molar-refractivity contribution in [2.75, 3.05) is 0 Å². The summed E-state index contributed by atoms with van der Waals surface area (Å²) in [5, 5.41) is 18.2. The van der Waals surface area contributed by atoms with Gasteiger partial charge in [0.1, 0.15) is 5.82 Å². The molecule has 1 aromatic rings. The molecular formula is C12H9FN4O. The van der Waals surface area contributed by atoms with Gasteiger partial charge in [-0.2, -0.15) is 10.5 Å². The van der Waals surface area contributed by atoms with E-state index < -0.39 is 29.0 Å². The smallest absolute Gasteiger partial charge is 0.240 e. The molecule has 2 atom stereocenters. The van der Waals surface area contributed by atoms with Crippen LogP contribution >= 0.6 is 0 Å². The molecule has 1 aromatic carbocycles. The van der Waals surface area contributed by atoms with E-state index in [2.05, 4.69) is 0 Å². The van der Waals surface area contributed by atoms with Gasteiger partial charge in [0.15, 0.2) is 5.41 Å². The Morgan fingerprint density at radius 1 is 1.44 bits per heavy atom. The quantitative estimate of drug-likeness (QED) is 0.450. The van der Waals surface area contributed by atoms with E-state index in [1.165, 1.54) is 18.2 Å². The molecule has 3 N–H and O–H groups in total. The first-order chi connectivity index (χ1) is 8.60. The normalized spacial score (nSPS) is 23.6. The molecule has 6 heteroatoms. The highest BCUT2D eigenvalue weighted by molar-refractivity contribution is 5.86. The first-order valence-corrected chi connectivity index (χ1v) is 5.19. The molecule has 0 heterocycles. The highest BCUT2D eigenvalue weighted by atomic mass is 19.1. The average Bonchev–Trinajstić information content (AvgIpc) is 3.07. The number of nitriles is 2. The number of hydrazine groups is 1. The van der Waals surface area contributed by atoms with Gasteiger partial charge in [-0.05, 0) is 17.7 Å². The molecule has 0 aliphatic heterocycles. The van der Waals surface area contributed by atoms with E-state index in [0.717, 1.165) is 0 Å². The molecule has 0 radical (unpaired) electrons. The van der Waals surface area contributed by atoms with E-state index in [9.17, 15) is 9.18 Å². The SMILES string of the molecule is N#CC1(C#N)C(C(=O)NN)C1c1cccc(F)c1. The summed E-state index contributed by atoms with van der Waals surface area (Å²) in [6.45, 7) is 0. The third kappa shape index (κ3) is 1.52. The maximum Gasteiger partial charge on any atom is 0.240 e. The van der Waals surface area contributed by atoms with Gasteiger partial charge in [0.2, 0.25) is 5.91 Å². The maximum absolute atomic E-state index is 13.1. The third-order valence-corrected chi connectivity index (χ3v) is 3.21. The Labute approximate surface area is 103 Å². The molecule has 18 heavy (non-hydrogen) atoms. The molecule has 0 bridgehead atoms. The van der Waals surface area contributed by atoms with Crippen molar-refractivity contribution >= 4 is 5.91 Å². The number of hydrogen-bond acceptors (Lipinski definition) is 4. The van der Waals surface area contributed by atoms with Crippen LogP contribution in [0.1, 0.15) is 11.5 Å². The third-order valence-electron chi connectivity index (χ3n) is 3.21. The number of carbonyl (C=O) groups excluding carboxylic acids is 1. The topological polar surface area (TPSA) is 103 Å². The molecule has 1 aliphatic rings. The summed E-state index contributed by atoms with van der Waals surface area (Å²) in [7, 11) is 0. The molecule has 1 fully saturated rings. The number of rotatable bonds is 2. The van der Waals surface area contributed by atoms with E-state index in [1.54, 1.807) is 6.07 Å². The largest absolute Gasteiger partial charge is 0.294 e. The van der Waals surface area contributed by atoms with Crippen molar-refractivity contribution in [3.63, 3.8) is 0 Å². The predicted molar refractivity (Wildman–Crippen MR) is 58.6 cm³/mol. The lowest BCUT2D eigenvalue weighted by Crippen LogP contribution is -2.33. The van der Waals surface area contributed by atoms with Gasteiger partial charge in [-0.15, -0.1) is 0 Å². The van der Waals surface area contributed by atoms with Crippen molar-refractivity contribution in [2.24, 2.45) is 17.2 Å². The number of benzene rings is 1. The second kappa shape index (κ2) is 4.10. The van der Waals surface area contributed by atoms with E-state index in [-0.39, 0.29) is 0 Å². The number of hydrogen-bond donors (Lipinski definition) is 2. The lowest BCUT2D eigenvalue weighted by Gasteiger charge is -1.99. The van der Waals surface area contributed by atoms with Crippen LogP contribution in [0.15, 0.2) is 24.3 Å². The Morgan fingerprint density at radius 2 is 2.11 bits per heavy atom. The van der Waals surface area contributed by atoms with Gasteiger partial charge in [-0.25, -0.2) is 10.2 Å². The Morgan fingerprint density at radius 3 is 2.61 bits per heavy atom. The maximum atomic E-state index is 13.1. The fourth-order valence-corrected chi connectivity index (χ4v) is 2.29. The molecule has 5 nitrogen and oxygen atoms in total. The number of carbonyl (C=O) groups is 1. The summed E-state index contributed by atoms with van der Waals surface area (Å²) in [4.78, 5) is 11.5. The Hall–Kier alpha value is -2.44. The van der Waals surface area contributed by atoms with Crippen molar-refractivity contribution in [3.8, 4) is 12.1 Å². The zero-order valence-electron chi connectivity index (χ0n) is 9.22. The summed E-state index contributed by atoms with van der Waals surface area (Å²) < 4.78 is 13.1. The minimum atomic E-state index is -1.46. The van der Waals surface area contributed by atoms with Gasteiger partial charge in [-0.1, -0.05) is 12.1 Å². The molecule has 2 rings (SSSR count). The van der Waals surface area contributed by atoms with Crippen LogP contribution in [0.3, 0.4) is 0 Å². The minimum absolute atomic E-state index is 0.451. The molecule has 1 aliphatic carbocycles. The zero-order chi connectivity index (χ0) is 13.3. The van der Waals surface area contributed by atoms with Gasteiger partial charge >= 0.3 is 0 Å². The molecule has 1 saturated carbocycles. The molecule has 1 amide bonds. The Kier molecular flexibility index (Phi) is 2.74. The number of nitrogens with two attached hydrogens (primary N) is 1. The molecule has 0 spiro atoms. The number of nitrogens with zero attached hydrogens (tertiary/aromatic N) is 2. The first-order valence-electron chi connectivity index (χ1n) is 5.19. The van der Waals surface area contributed by atoms with Gasteiger partial charge in [0.25, 0.3) is 0 Å². The van der Waals surface area contributed by atoms with Crippen LogP contribution in [0.4, 0.5) is 4.39 Å². The minimum Gasteiger partial charge on any atom is -0.294 e. The first kappa shape index (κ1) is 12.0. The van der Waals surface area contributed by atoms with Crippen molar-refractivity contribution in [1.82, 2.24) is 5.43 Å². The molecule has 0 saturated heterocycles. The van der Waals surface area contributed by atoms with Gasteiger partial charge < -0.3 is 0 Å². The van der Waals surface area contributed by atoms with Crippen LogP contribution in [0, 0.1) is 39.8 Å².